The molecule has 0 bridgehead atoms. The molecule has 1 saturated carbocycles. The molecule has 0 spiro atoms. The molecule has 1 N–H and O–H groups in total. The van der Waals surface area contributed by atoms with Crippen molar-refractivity contribution in [1.82, 2.24) is 14.9 Å². The molecule has 2 heterocycles. The molecule has 0 unspecified atom stereocenters. The Hall–Kier alpha value is -2.63. The van der Waals surface area contributed by atoms with E-state index in [1.165, 1.54) is 11.8 Å². The average Bonchev–Trinajstić information content (AvgIpc) is 3.46. The Balaban J connectivity index is 1.63. The van der Waals surface area contributed by atoms with Crippen LogP contribution >= 0.6 is 0 Å². The Bertz CT molecular complexity index is 886. The molecular formula is C19H21N3O3. The normalized spacial score (nSPS) is 19.4. The van der Waals surface area contributed by atoms with E-state index in [4.69, 9.17) is 4.74 Å². The first-order chi connectivity index (χ1) is 12.1. The van der Waals surface area contributed by atoms with Crippen LogP contribution in [0.4, 0.5) is 0 Å². The van der Waals surface area contributed by atoms with Crippen molar-refractivity contribution in [1.29, 1.82) is 0 Å². The second kappa shape index (κ2) is 6.02. The molecule has 6 nitrogen and oxygen atoms in total. The summed E-state index contributed by atoms with van der Waals surface area (Å²) < 4.78 is 5.30. The maximum absolute atomic E-state index is 12.9. The Kier molecular flexibility index (Phi) is 3.82. The molecule has 2 aromatic rings. The number of methoxy groups -OCH3 is 1. The van der Waals surface area contributed by atoms with E-state index in [0.717, 1.165) is 30.6 Å². The fourth-order valence-corrected chi connectivity index (χ4v) is 3.48. The lowest BCUT2D eigenvalue weighted by atomic mass is 9.93. The van der Waals surface area contributed by atoms with Gasteiger partial charge in [-0.1, -0.05) is 6.07 Å². The lowest BCUT2D eigenvalue weighted by molar-refractivity contribution is 0.0675. The van der Waals surface area contributed by atoms with Crippen molar-refractivity contribution in [3.63, 3.8) is 0 Å². The minimum absolute atomic E-state index is 0.114. The molecule has 1 amide bonds. The monoisotopic (exact) mass is 339 g/mol. The summed E-state index contributed by atoms with van der Waals surface area (Å²) in [5.74, 6) is 1.55. The summed E-state index contributed by atoms with van der Waals surface area (Å²) in [7, 11) is 1.63. The van der Waals surface area contributed by atoms with Crippen LogP contribution in [0.5, 0.6) is 5.75 Å². The van der Waals surface area contributed by atoms with Gasteiger partial charge in [0.15, 0.2) is 0 Å². The van der Waals surface area contributed by atoms with E-state index in [1.807, 2.05) is 25.1 Å². The zero-order valence-electron chi connectivity index (χ0n) is 14.4. The van der Waals surface area contributed by atoms with Gasteiger partial charge < -0.3 is 14.6 Å². The van der Waals surface area contributed by atoms with Crippen molar-refractivity contribution in [2.75, 3.05) is 13.7 Å². The van der Waals surface area contributed by atoms with Crippen molar-refractivity contribution in [3.8, 4) is 5.75 Å². The van der Waals surface area contributed by atoms with Crippen molar-refractivity contribution < 1.29 is 9.53 Å². The average molecular weight is 339 g/mol. The predicted molar refractivity (Wildman–Crippen MR) is 93.0 cm³/mol. The molecule has 1 atom stereocenters. The van der Waals surface area contributed by atoms with Crippen molar-refractivity contribution in [2.24, 2.45) is 0 Å². The van der Waals surface area contributed by atoms with Crippen LogP contribution in [-0.4, -0.2) is 34.4 Å². The molecule has 1 aliphatic heterocycles. The smallest absolute Gasteiger partial charge is 0.263 e. The molecule has 1 aliphatic carbocycles. The summed E-state index contributed by atoms with van der Waals surface area (Å²) in [6, 6.07) is 5.84. The number of hydrogen-bond donors (Lipinski definition) is 1. The van der Waals surface area contributed by atoms with Crippen LogP contribution in [0, 0.1) is 0 Å². The van der Waals surface area contributed by atoms with E-state index in [-0.39, 0.29) is 23.1 Å². The third-order valence-electron chi connectivity index (χ3n) is 5.17. The van der Waals surface area contributed by atoms with E-state index in [1.54, 1.807) is 12.0 Å². The zero-order valence-corrected chi connectivity index (χ0v) is 14.4. The molecule has 25 heavy (non-hydrogen) atoms. The zero-order chi connectivity index (χ0) is 17.6. The number of H-pyrrole nitrogens is 1. The summed E-state index contributed by atoms with van der Waals surface area (Å²) in [4.78, 5) is 34.1. The van der Waals surface area contributed by atoms with Gasteiger partial charge in [-0.15, -0.1) is 0 Å². The molecule has 6 heteroatoms. The second-order valence-corrected chi connectivity index (χ2v) is 6.77. The van der Waals surface area contributed by atoms with Crippen molar-refractivity contribution in [3.05, 3.63) is 57.3 Å². The molecule has 4 rings (SSSR count). The number of aromatic nitrogens is 2. The van der Waals surface area contributed by atoms with Crippen LogP contribution in [0.3, 0.4) is 0 Å². The number of rotatable bonds is 3. The third kappa shape index (κ3) is 2.81. The molecule has 1 aromatic carbocycles. The molecule has 0 radical (unpaired) electrons. The van der Waals surface area contributed by atoms with E-state index >= 15 is 0 Å². The number of carbonyl (C=O) groups excluding carboxylic acids is 1. The van der Waals surface area contributed by atoms with Crippen LogP contribution < -0.4 is 10.3 Å². The van der Waals surface area contributed by atoms with E-state index < -0.39 is 0 Å². The number of nitrogens with one attached hydrogen (secondary N) is 1. The first-order valence-corrected chi connectivity index (χ1v) is 8.65. The first kappa shape index (κ1) is 15.9. The Labute approximate surface area is 145 Å². The molecular weight excluding hydrogens is 318 g/mol. The number of aromatic amines is 1. The van der Waals surface area contributed by atoms with Gasteiger partial charge in [0.1, 0.15) is 17.1 Å². The van der Waals surface area contributed by atoms with Gasteiger partial charge in [0.2, 0.25) is 0 Å². The summed E-state index contributed by atoms with van der Waals surface area (Å²) in [5.41, 5.74) is 2.06. The Morgan fingerprint density at radius 3 is 2.84 bits per heavy atom. The summed E-state index contributed by atoms with van der Waals surface area (Å²) >= 11 is 0. The van der Waals surface area contributed by atoms with Crippen LogP contribution in [0.15, 0.2) is 29.2 Å². The van der Waals surface area contributed by atoms with E-state index in [9.17, 15) is 9.59 Å². The Morgan fingerprint density at radius 1 is 1.36 bits per heavy atom. The van der Waals surface area contributed by atoms with Crippen molar-refractivity contribution in [2.45, 2.75) is 38.1 Å². The summed E-state index contributed by atoms with van der Waals surface area (Å²) in [6.45, 7) is 2.57. The topological polar surface area (TPSA) is 75.3 Å². The third-order valence-corrected chi connectivity index (χ3v) is 5.17. The second-order valence-electron chi connectivity index (χ2n) is 6.77. The number of carbonyl (C=O) groups is 1. The fraction of sp³-hybridized carbons (Fsp3) is 0.421. The van der Waals surface area contributed by atoms with E-state index in [0.29, 0.717) is 18.3 Å². The predicted octanol–water partition coefficient (Wildman–Crippen LogP) is 2.42. The van der Waals surface area contributed by atoms with Crippen LogP contribution in [-0.2, 0) is 6.42 Å². The summed E-state index contributed by atoms with van der Waals surface area (Å²) in [6.07, 6.45) is 4.31. The van der Waals surface area contributed by atoms with Gasteiger partial charge in [-0.25, -0.2) is 4.98 Å². The number of fused-ring (bicyclic) bond motifs is 1. The Morgan fingerprint density at radius 2 is 2.16 bits per heavy atom. The number of benzene rings is 1. The number of nitrogens with zero attached hydrogens (tertiary/aromatic N) is 2. The highest BCUT2D eigenvalue weighted by Crippen LogP contribution is 2.37. The molecule has 1 fully saturated rings. The minimum Gasteiger partial charge on any atom is -0.497 e. The molecule has 2 aliphatic rings. The first-order valence-electron chi connectivity index (χ1n) is 8.65. The van der Waals surface area contributed by atoms with Gasteiger partial charge in [0.25, 0.3) is 11.5 Å². The van der Waals surface area contributed by atoms with Crippen molar-refractivity contribution >= 4 is 5.91 Å². The van der Waals surface area contributed by atoms with Crippen LogP contribution in [0.25, 0.3) is 0 Å². The maximum atomic E-state index is 12.9. The standard InChI is InChI=1S/C19H21N3O3/c1-11-15-9-14(25-2)6-5-12(15)7-8-22(11)19(24)16-10-20-17(13-3-4-13)21-18(16)23/h5-6,9-11,13H,3-4,7-8H2,1-2H3,(H,20,21,23)/t11-/m0/s1. The quantitative estimate of drug-likeness (QED) is 0.932. The van der Waals surface area contributed by atoms with Crippen LogP contribution in [0.1, 0.15) is 59.0 Å². The lowest BCUT2D eigenvalue weighted by Crippen LogP contribution is -2.41. The lowest BCUT2D eigenvalue weighted by Gasteiger charge is -2.35. The van der Waals surface area contributed by atoms with Gasteiger partial charge in [0.05, 0.1) is 13.2 Å². The SMILES string of the molecule is COc1ccc2c(c1)[C@H](C)N(C(=O)c1cnc(C3CC3)[nH]c1=O)CC2. The summed E-state index contributed by atoms with van der Waals surface area (Å²) in [5, 5.41) is 0. The number of amides is 1. The van der Waals surface area contributed by atoms with Gasteiger partial charge in [-0.05, 0) is 49.4 Å². The van der Waals surface area contributed by atoms with Gasteiger partial charge >= 0.3 is 0 Å². The number of ether oxygens (including phenoxy) is 1. The maximum Gasteiger partial charge on any atom is 0.263 e. The molecule has 0 saturated heterocycles. The largest absolute Gasteiger partial charge is 0.497 e. The van der Waals surface area contributed by atoms with Gasteiger partial charge in [0, 0.05) is 18.7 Å². The highest BCUT2D eigenvalue weighted by atomic mass is 16.5. The fourth-order valence-electron chi connectivity index (χ4n) is 3.48. The molecule has 130 valence electrons. The van der Waals surface area contributed by atoms with Gasteiger partial charge in [-0.3, -0.25) is 9.59 Å². The highest BCUT2D eigenvalue weighted by Gasteiger charge is 2.31. The highest BCUT2D eigenvalue weighted by molar-refractivity contribution is 5.94. The minimum atomic E-state index is -0.342. The van der Waals surface area contributed by atoms with Gasteiger partial charge in [-0.2, -0.15) is 0 Å². The molecule has 1 aromatic heterocycles. The van der Waals surface area contributed by atoms with E-state index in [2.05, 4.69) is 9.97 Å². The number of hydrogen-bond acceptors (Lipinski definition) is 4. The van der Waals surface area contributed by atoms with Crippen LogP contribution in [0.2, 0.25) is 0 Å².